The highest BCUT2D eigenvalue weighted by molar-refractivity contribution is 5.99. The lowest BCUT2D eigenvalue weighted by atomic mass is 9.92. The third-order valence-electron chi connectivity index (χ3n) is 6.07. The van der Waals surface area contributed by atoms with Crippen molar-refractivity contribution in [2.45, 2.75) is 31.8 Å². The fourth-order valence-electron chi connectivity index (χ4n) is 4.12. The van der Waals surface area contributed by atoms with Gasteiger partial charge in [0.25, 0.3) is 5.91 Å². The van der Waals surface area contributed by atoms with Crippen LogP contribution in [-0.4, -0.2) is 46.3 Å². The van der Waals surface area contributed by atoms with E-state index < -0.39 is 5.60 Å². The second kappa shape index (κ2) is 7.97. The molecule has 0 saturated carbocycles. The van der Waals surface area contributed by atoms with Gasteiger partial charge in [-0.2, -0.15) is 0 Å². The third-order valence-corrected chi connectivity index (χ3v) is 6.07. The topological polar surface area (TPSA) is 60.8 Å². The third kappa shape index (κ3) is 3.91. The fraction of sp³-hybridized carbons (Fsp3) is 0.320. The van der Waals surface area contributed by atoms with Gasteiger partial charge in [0, 0.05) is 18.7 Å². The zero-order valence-electron chi connectivity index (χ0n) is 16.8. The van der Waals surface area contributed by atoms with Crippen LogP contribution in [0.3, 0.4) is 0 Å². The van der Waals surface area contributed by atoms with Crippen molar-refractivity contribution in [3.05, 3.63) is 71.8 Å². The number of likely N-dealkylation sites (tertiary alicyclic amines) is 1. The van der Waals surface area contributed by atoms with Crippen LogP contribution in [-0.2, 0) is 6.42 Å². The van der Waals surface area contributed by atoms with Gasteiger partial charge in [-0.25, -0.2) is 0 Å². The summed E-state index contributed by atoms with van der Waals surface area (Å²) in [6, 6.07) is 20.7. The molecule has 0 aliphatic carbocycles. The quantitative estimate of drug-likeness (QED) is 0.708. The maximum Gasteiger partial charge on any atom is 0.253 e. The van der Waals surface area contributed by atoms with E-state index in [-0.39, 0.29) is 12.5 Å². The van der Waals surface area contributed by atoms with Crippen molar-refractivity contribution in [3.8, 4) is 11.1 Å². The Morgan fingerprint density at radius 1 is 1.00 bits per heavy atom. The Morgan fingerprint density at radius 3 is 2.41 bits per heavy atom. The number of amides is 1. The van der Waals surface area contributed by atoms with Crippen molar-refractivity contribution in [2.75, 3.05) is 19.7 Å². The van der Waals surface area contributed by atoms with Crippen LogP contribution < -0.4 is 0 Å². The van der Waals surface area contributed by atoms with E-state index in [2.05, 4.69) is 49.4 Å². The van der Waals surface area contributed by atoms with Gasteiger partial charge in [-0.15, -0.1) is 0 Å². The van der Waals surface area contributed by atoms with Crippen molar-refractivity contribution in [3.63, 3.8) is 0 Å². The van der Waals surface area contributed by atoms with Gasteiger partial charge in [-0.1, -0.05) is 49.4 Å². The summed E-state index contributed by atoms with van der Waals surface area (Å²) in [5.74, 6) is -0.0210. The summed E-state index contributed by atoms with van der Waals surface area (Å²) in [7, 11) is 0. The van der Waals surface area contributed by atoms with Crippen LogP contribution in [0.1, 0.15) is 35.7 Å². The maximum atomic E-state index is 12.9. The maximum absolute atomic E-state index is 12.9. The van der Waals surface area contributed by atoms with Crippen molar-refractivity contribution < 1.29 is 15.0 Å². The van der Waals surface area contributed by atoms with Gasteiger partial charge in [-0.05, 0) is 64.9 Å². The van der Waals surface area contributed by atoms with Crippen molar-refractivity contribution in [1.29, 1.82) is 0 Å². The molecular weight excluding hydrogens is 362 g/mol. The van der Waals surface area contributed by atoms with E-state index in [1.807, 2.05) is 18.2 Å². The van der Waals surface area contributed by atoms with Crippen molar-refractivity contribution >= 4 is 16.7 Å². The lowest BCUT2D eigenvalue weighted by Gasteiger charge is -2.37. The molecule has 4 rings (SSSR count). The van der Waals surface area contributed by atoms with Crippen molar-refractivity contribution in [2.24, 2.45) is 0 Å². The van der Waals surface area contributed by atoms with Gasteiger partial charge >= 0.3 is 0 Å². The average Bonchev–Trinajstić information content (AvgIpc) is 2.78. The molecule has 3 aromatic carbocycles. The molecule has 1 heterocycles. The Bertz CT molecular complexity index is 1040. The van der Waals surface area contributed by atoms with Crippen LogP contribution in [0.25, 0.3) is 21.9 Å². The predicted molar refractivity (Wildman–Crippen MR) is 116 cm³/mol. The number of carbonyl (C=O) groups excluding carboxylic acids is 1. The Labute approximate surface area is 171 Å². The lowest BCUT2D eigenvalue weighted by Crippen LogP contribution is -2.48. The zero-order chi connectivity index (χ0) is 20.4. The number of piperidine rings is 1. The molecule has 0 atom stereocenters. The molecule has 3 aromatic rings. The van der Waals surface area contributed by atoms with Gasteiger partial charge in [-0.3, -0.25) is 4.79 Å². The average molecular weight is 389 g/mol. The van der Waals surface area contributed by atoms with Crippen LogP contribution in [0, 0.1) is 0 Å². The minimum atomic E-state index is -1.05. The second-order valence-electron chi connectivity index (χ2n) is 7.96. The molecule has 29 heavy (non-hydrogen) atoms. The number of rotatable bonds is 4. The first-order valence-electron chi connectivity index (χ1n) is 10.3. The molecule has 0 unspecified atom stereocenters. The van der Waals surface area contributed by atoms with E-state index in [1.165, 1.54) is 16.7 Å². The molecule has 1 saturated heterocycles. The van der Waals surface area contributed by atoms with Gasteiger partial charge in [0.1, 0.15) is 0 Å². The molecule has 4 nitrogen and oxygen atoms in total. The first-order chi connectivity index (χ1) is 14.0. The summed E-state index contributed by atoms with van der Waals surface area (Å²) >= 11 is 0. The van der Waals surface area contributed by atoms with Crippen LogP contribution in [0.15, 0.2) is 60.7 Å². The van der Waals surface area contributed by atoms with E-state index >= 15 is 0 Å². The fourth-order valence-corrected chi connectivity index (χ4v) is 4.12. The van der Waals surface area contributed by atoms with E-state index in [0.717, 1.165) is 17.2 Å². The highest BCUT2D eigenvalue weighted by atomic mass is 16.3. The number of fused-ring (bicyclic) bond motifs is 1. The summed E-state index contributed by atoms with van der Waals surface area (Å²) in [6.45, 7) is 2.83. The molecule has 0 radical (unpaired) electrons. The van der Waals surface area contributed by atoms with Gasteiger partial charge < -0.3 is 15.1 Å². The molecule has 0 aromatic heterocycles. The van der Waals surface area contributed by atoms with E-state index in [9.17, 15) is 15.0 Å². The molecule has 0 spiro atoms. The van der Waals surface area contributed by atoms with Gasteiger partial charge in [0.15, 0.2) is 0 Å². The van der Waals surface area contributed by atoms with E-state index in [0.29, 0.717) is 31.5 Å². The summed E-state index contributed by atoms with van der Waals surface area (Å²) < 4.78 is 0. The molecular formula is C25H27NO3. The Balaban J connectivity index is 1.58. The number of aliphatic hydroxyl groups is 2. The molecule has 0 bridgehead atoms. The van der Waals surface area contributed by atoms with Crippen LogP contribution in [0.4, 0.5) is 0 Å². The molecule has 4 heteroatoms. The minimum absolute atomic E-state index is 0.0210. The molecule has 1 aliphatic rings. The number of aryl methyl sites for hydroxylation is 1. The van der Waals surface area contributed by atoms with Crippen LogP contribution >= 0.6 is 0 Å². The number of nitrogens with zero attached hydrogens (tertiary/aromatic N) is 1. The highest BCUT2D eigenvalue weighted by Crippen LogP contribution is 2.29. The normalized spacial score (nSPS) is 16.2. The summed E-state index contributed by atoms with van der Waals surface area (Å²) in [5, 5.41) is 21.6. The first-order valence-corrected chi connectivity index (χ1v) is 10.3. The largest absolute Gasteiger partial charge is 0.393 e. The molecule has 1 amide bonds. The molecule has 150 valence electrons. The molecule has 1 aliphatic heterocycles. The van der Waals surface area contributed by atoms with Crippen molar-refractivity contribution in [1.82, 2.24) is 4.90 Å². The number of hydrogen-bond donors (Lipinski definition) is 2. The standard InChI is InChI=1S/C25H27NO3/c1-2-18-5-3-4-6-23(18)21-9-7-20-16-22(10-8-19(20)15-21)24(28)26-13-11-25(29,17-27)12-14-26/h3-10,15-16,27,29H,2,11-14,17H2,1H3. The molecule has 1 fully saturated rings. The first kappa shape index (κ1) is 19.6. The Hall–Kier alpha value is -2.69. The van der Waals surface area contributed by atoms with Gasteiger partial charge in [0.2, 0.25) is 0 Å². The number of aliphatic hydroxyl groups excluding tert-OH is 1. The number of benzene rings is 3. The summed E-state index contributed by atoms with van der Waals surface area (Å²) in [4.78, 5) is 14.7. The SMILES string of the molecule is CCc1ccccc1-c1ccc2cc(C(=O)N3CCC(O)(CO)CC3)ccc2c1. The monoisotopic (exact) mass is 389 g/mol. The number of carbonyl (C=O) groups is 1. The van der Waals surface area contributed by atoms with E-state index in [4.69, 9.17) is 0 Å². The van der Waals surface area contributed by atoms with Crippen LogP contribution in [0.2, 0.25) is 0 Å². The Morgan fingerprint density at radius 2 is 1.69 bits per heavy atom. The summed E-state index contributed by atoms with van der Waals surface area (Å²) in [5.41, 5.74) is 3.38. The smallest absolute Gasteiger partial charge is 0.253 e. The second-order valence-corrected chi connectivity index (χ2v) is 7.96. The summed E-state index contributed by atoms with van der Waals surface area (Å²) in [6.07, 6.45) is 1.80. The molecule has 2 N–H and O–H groups in total. The number of hydrogen-bond acceptors (Lipinski definition) is 3. The zero-order valence-corrected chi connectivity index (χ0v) is 16.8. The van der Waals surface area contributed by atoms with E-state index in [1.54, 1.807) is 4.90 Å². The predicted octanol–water partition coefficient (Wildman–Crippen LogP) is 4.03. The van der Waals surface area contributed by atoms with Crippen LogP contribution in [0.5, 0.6) is 0 Å². The lowest BCUT2D eigenvalue weighted by molar-refractivity contribution is -0.0546. The Kier molecular flexibility index (Phi) is 5.39. The minimum Gasteiger partial charge on any atom is -0.393 e. The van der Waals surface area contributed by atoms with Gasteiger partial charge in [0.05, 0.1) is 12.2 Å². The highest BCUT2D eigenvalue weighted by Gasteiger charge is 2.33.